The fraction of sp³-hybridized carbons (Fsp3) is 0.611. The van der Waals surface area contributed by atoms with Crippen LogP contribution in [-0.4, -0.2) is 31.0 Å². The van der Waals surface area contributed by atoms with E-state index in [9.17, 15) is 4.79 Å². The first-order valence-corrected chi connectivity index (χ1v) is 9.67. The Balaban J connectivity index is 1.47. The van der Waals surface area contributed by atoms with Crippen molar-refractivity contribution in [1.82, 2.24) is 10.6 Å². The molecule has 2 amide bonds. The molecular weight excluding hydrogens is 308 g/mol. The molecule has 5 heteroatoms. The van der Waals surface area contributed by atoms with Crippen LogP contribution in [0.5, 0.6) is 0 Å². The summed E-state index contributed by atoms with van der Waals surface area (Å²) in [6.45, 7) is 3.42. The second kappa shape index (κ2) is 7.58. The monoisotopic (exact) mass is 334 g/mol. The highest BCUT2D eigenvalue weighted by Crippen LogP contribution is 2.38. The molecule has 1 heterocycles. The van der Waals surface area contributed by atoms with Crippen molar-refractivity contribution in [2.75, 3.05) is 12.9 Å². The third-order valence-electron chi connectivity index (χ3n) is 4.68. The summed E-state index contributed by atoms with van der Waals surface area (Å²) >= 11 is 1.72. The molecule has 1 saturated carbocycles. The summed E-state index contributed by atoms with van der Waals surface area (Å²) in [5, 5.41) is 6.11. The Kier molecular flexibility index (Phi) is 5.49. The van der Waals surface area contributed by atoms with Gasteiger partial charge in [0.2, 0.25) is 0 Å². The number of carbonyl (C=O) groups is 1. The highest BCUT2D eigenvalue weighted by Gasteiger charge is 2.36. The molecular formula is C18H26N2O2S. The zero-order valence-electron chi connectivity index (χ0n) is 13.9. The Bertz CT molecular complexity index is 560. The average Bonchev–Trinajstić information content (AvgIpc) is 3.38. The molecule has 126 valence electrons. The van der Waals surface area contributed by atoms with Crippen LogP contribution in [0.2, 0.25) is 0 Å². The second-order valence-electron chi connectivity index (χ2n) is 6.61. The van der Waals surface area contributed by atoms with Gasteiger partial charge in [0.25, 0.3) is 0 Å². The molecule has 1 aromatic rings. The summed E-state index contributed by atoms with van der Waals surface area (Å²) in [5.41, 5.74) is 2.41. The zero-order chi connectivity index (χ0) is 16.2. The Morgan fingerprint density at radius 1 is 1.35 bits per heavy atom. The Labute approximate surface area is 142 Å². The van der Waals surface area contributed by atoms with Gasteiger partial charge in [0.15, 0.2) is 0 Å². The number of amides is 2. The zero-order valence-corrected chi connectivity index (χ0v) is 14.7. The minimum absolute atomic E-state index is 0.0703. The summed E-state index contributed by atoms with van der Waals surface area (Å²) < 4.78 is 5.81. The van der Waals surface area contributed by atoms with Crippen molar-refractivity contribution < 1.29 is 9.53 Å². The highest BCUT2D eigenvalue weighted by molar-refractivity contribution is 7.98. The quantitative estimate of drug-likeness (QED) is 0.811. The Hall–Kier alpha value is -1.20. The molecule has 4 nitrogen and oxygen atoms in total. The topological polar surface area (TPSA) is 50.4 Å². The molecule has 0 unspecified atom stereocenters. The second-order valence-corrected chi connectivity index (χ2v) is 7.46. The van der Waals surface area contributed by atoms with Gasteiger partial charge in [-0.1, -0.05) is 12.1 Å². The lowest BCUT2D eigenvalue weighted by atomic mass is 10.0. The largest absolute Gasteiger partial charge is 0.378 e. The number of carbonyl (C=O) groups excluding carboxylic acids is 1. The average molecular weight is 334 g/mol. The van der Waals surface area contributed by atoms with Crippen molar-refractivity contribution in [3.05, 3.63) is 29.3 Å². The van der Waals surface area contributed by atoms with E-state index in [0.717, 1.165) is 25.4 Å². The van der Waals surface area contributed by atoms with Crippen LogP contribution in [0.4, 0.5) is 4.79 Å². The molecule has 2 aliphatic rings. The van der Waals surface area contributed by atoms with Gasteiger partial charge < -0.3 is 15.4 Å². The third-order valence-corrected chi connectivity index (χ3v) is 5.50. The molecule has 0 aromatic heterocycles. The lowest BCUT2D eigenvalue weighted by Gasteiger charge is -2.30. The molecule has 0 bridgehead atoms. The van der Waals surface area contributed by atoms with Gasteiger partial charge in [0, 0.05) is 24.1 Å². The van der Waals surface area contributed by atoms with Gasteiger partial charge in [0.1, 0.15) is 0 Å². The molecule has 2 N–H and O–H groups in total. The van der Waals surface area contributed by atoms with Crippen molar-refractivity contribution in [2.45, 2.75) is 56.2 Å². The van der Waals surface area contributed by atoms with Crippen molar-refractivity contribution in [1.29, 1.82) is 0 Å². The van der Waals surface area contributed by atoms with Crippen LogP contribution in [0.1, 0.15) is 36.8 Å². The first kappa shape index (κ1) is 16.7. The smallest absolute Gasteiger partial charge is 0.315 e. The van der Waals surface area contributed by atoms with Crippen molar-refractivity contribution in [2.24, 2.45) is 5.92 Å². The maximum absolute atomic E-state index is 12.2. The van der Waals surface area contributed by atoms with E-state index in [-0.39, 0.29) is 12.1 Å². The molecule has 23 heavy (non-hydrogen) atoms. The van der Waals surface area contributed by atoms with Gasteiger partial charge in [-0.2, -0.15) is 0 Å². The van der Waals surface area contributed by atoms with E-state index in [1.54, 1.807) is 11.8 Å². The van der Waals surface area contributed by atoms with Crippen LogP contribution in [0.25, 0.3) is 0 Å². The fourth-order valence-electron chi connectivity index (χ4n) is 3.17. The van der Waals surface area contributed by atoms with Gasteiger partial charge in [0.05, 0.1) is 6.10 Å². The van der Waals surface area contributed by atoms with Crippen LogP contribution in [-0.2, 0) is 11.3 Å². The van der Waals surface area contributed by atoms with Crippen molar-refractivity contribution in [3.8, 4) is 0 Å². The van der Waals surface area contributed by atoms with E-state index >= 15 is 0 Å². The van der Waals surface area contributed by atoms with Gasteiger partial charge >= 0.3 is 6.03 Å². The molecule has 3 rings (SSSR count). The molecule has 1 saturated heterocycles. The standard InChI is InChI=1S/C18H26N2O2S/c1-12-3-4-14(17(9-12)23-2)11-19-18(21)20-15-7-8-22-16(10-15)13-5-6-13/h3-4,9,13,15-16H,5-8,10-11H2,1-2H3,(H2,19,20,21)/t15-,16+/m1/s1. The van der Waals surface area contributed by atoms with Crippen LogP contribution in [0.15, 0.2) is 23.1 Å². The maximum Gasteiger partial charge on any atom is 0.315 e. The minimum atomic E-state index is -0.0703. The molecule has 2 fully saturated rings. The minimum Gasteiger partial charge on any atom is -0.378 e. The van der Waals surface area contributed by atoms with Crippen LogP contribution in [0.3, 0.4) is 0 Å². The maximum atomic E-state index is 12.2. The molecule has 0 spiro atoms. The lowest BCUT2D eigenvalue weighted by molar-refractivity contribution is -0.00914. The SMILES string of the molecule is CSc1cc(C)ccc1CNC(=O)N[C@@H]1CCO[C@H](C2CC2)C1. The number of thioether (sulfide) groups is 1. The van der Waals surface area contributed by atoms with E-state index in [4.69, 9.17) is 4.74 Å². The molecule has 1 aliphatic carbocycles. The predicted molar refractivity (Wildman–Crippen MR) is 93.8 cm³/mol. The number of aryl methyl sites for hydroxylation is 1. The number of ether oxygens (including phenoxy) is 1. The van der Waals surface area contributed by atoms with E-state index in [1.165, 1.54) is 28.9 Å². The first-order valence-electron chi connectivity index (χ1n) is 8.45. The van der Waals surface area contributed by atoms with Gasteiger partial charge in [-0.3, -0.25) is 0 Å². The molecule has 1 aromatic carbocycles. The summed E-state index contributed by atoms with van der Waals surface area (Å²) in [6.07, 6.45) is 6.87. The number of hydrogen-bond donors (Lipinski definition) is 2. The van der Waals surface area contributed by atoms with E-state index in [1.807, 2.05) is 0 Å². The number of benzene rings is 1. The van der Waals surface area contributed by atoms with Crippen LogP contribution >= 0.6 is 11.8 Å². The molecule has 2 atom stereocenters. The number of nitrogens with one attached hydrogen (secondary N) is 2. The van der Waals surface area contributed by atoms with E-state index < -0.39 is 0 Å². The lowest BCUT2D eigenvalue weighted by Crippen LogP contribution is -2.46. The van der Waals surface area contributed by atoms with E-state index in [2.05, 4.69) is 42.0 Å². The fourth-order valence-corrected chi connectivity index (χ4v) is 3.87. The summed E-state index contributed by atoms with van der Waals surface area (Å²) in [7, 11) is 0. The van der Waals surface area contributed by atoms with Crippen molar-refractivity contribution in [3.63, 3.8) is 0 Å². The Morgan fingerprint density at radius 3 is 2.91 bits per heavy atom. The first-order chi connectivity index (χ1) is 11.2. The number of rotatable bonds is 5. The third kappa shape index (κ3) is 4.64. The van der Waals surface area contributed by atoms with Crippen LogP contribution < -0.4 is 10.6 Å². The summed E-state index contributed by atoms with van der Waals surface area (Å²) in [5.74, 6) is 0.736. The molecule has 1 aliphatic heterocycles. The predicted octanol–water partition coefficient (Wildman–Crippen LogP) is 3.47. The van der Waals surface area contributed by atoms with E-state index in [0.29, 0.717) is 12.6 Å². The summed E-state index contributed by atoms with van der Waals surface area (Å²) in [4.78, 5) is 13.4. The Morgan fingerprint density at radius 2 is 2.17 bits per heavy atom. The normalized spacial score (nSPS) is 24.3. The van der Waals surface area contributed by atoms with Crippen LogP contribution in [0, 0.1) is 12.8 Å². The summed E-state index contributed by atoms with van der Waals surface area (Å²) in [6, 6.07) is 6.52. The number of urea groups is 1. The molecule has 0 radical (unpaired) electrons. The van der Waals surface area contributed by atoms with Gasteiger partial charge in [-0.25, -0.2) is 4.79 Å². The van der Waals surface area contributed by atoms with Crippen molar-refractivity contribution >= 4 is 17.8 Å². The van der Waals surface area contributed by atoms with Gasteiger partial charge in [-0.05, 0) is 62.0 Å². The number of hydrogen-bond acceptors (Lipinski definition) is 3. The highest BCUT2D eigenvalue weighted by atomic mass is 32.2. The van der Waals surface area contributed by atoms with Gasteiger partial charge in [-0.15, -0.1) is 11.8 Å².